The lowest BCUT2D eigenvalue weighted by atomic mass is 10.1. The van der Waals surface area contributed by atoms with Gasteiger partial charge in [0, 0.05) is 18.0 Å². The van der Waals surface area contributed by atoms with Crippen molar-refractivity contribution < 1.29 is 9.59 Å². The zero-order valence-corrected chi connectivity index (χ0v) is 12.6. The molecule has 1 aromatic carbocycles. The molecule has 1 aliphatic heterocycles. The number of nitrogens with one attached hydrogen (secondary N) is 1. The maximum absolute atomic E-state index is 12.8. The maximum Gasteiger partial charge on any atom is 0.261 e. The van der Waals surface area contributed by atoms with Gasteiger partial charge in [-0.15, -0.1) is 0 Å². The van der Waals surface area contributed by atoms with Crippen LogP contribution in [0.15, 0.2) is 29.6 Å². The minimum absolute atomic E-state index is 0.110. The van der Waals surface area contributed by atoms with Crippen molar-refractivity contribution in [2.75, 3.05) is 11.4 Å². The van der Waals surface area contributed by atoms with Crippen LogP contribution in [-0.4, -0.2) is 28.8 Å². The van der Waals surface area contributed by atoms with E-state index >= 15 is 0 Å². The van der Waals surface area contributed by atoms with Crippen molar-refractivity contribution in [3.63, 3.8) is 0 Å². The highest BCUT2D eigenvalue weighted by atomic mass is 32.1. The van der Waals surface area contributed by atoms with Gasteiger partial charge in [0.05, 0.1) is 22.5 Å². The van der Waals surface area contributed by atoms with Crippen LogP contribution in [0.5, 0.6) is 0 Å². The summed E-state index contributed by atoms with van der Waals surface area (Å²) in [5.74, 6) is -0.259. The first kappa shape index (κ1) is 13.8. The Hall–Kier alpha value is -2.21. The second kappa shape index (κ2) is 5.29. The van der Waals surface area contributed by atoms with Crippen LogP contribution >= 0.6 is 11.5 Å². The van der Waals surface area contributed by atoms with E-state index in [-0.39, 0.29) is 17.9 Å². The average molecular weight is 301 g/mol. The van der Waals surface area contributed by atoms with Crippen molar-refractivity contribution >= 4 is 29.0 Å². The van der Waals surface area contributed by atoms with Crippen LogP contribution in [0.2, 0.25) is 0 Å². The minimum Gasteiger partial charge on any atom is -0.348 e. The molecule has 21 heavy (non-hydrogen) atoms. The van der Waals surface area contributed by atoms with Gasteiger partial charge in [-0.3, -0.25) is 9.59 Å². The van der Waals surface area contributed by atoms with Crippen molar-refractivity contribution in [1.29, 1.82) is 0 Å². The molecule has 1 aromatic heterocycles. The first-order chi connectivity index (χ1) is 10.1. The minimum atomic E-state index is -0.145. The van der Waals surface area contributed by atoms with Crippen LogP contribution in [0.1, 0.15) is 33.3 Å². The molecule has 6 heteroatoms. The summed E-state index contributed by atoms with van der Waals surface area (Å²) in [5, 5.41) is 4.65. The number of para-hydroxylation sites is 1. The van der Waals surface area contributed by atoms with E-state index in [1.165, 1.54) is 11.5 Å². The van der Waals surface area contributed by atoms with E-state index < -0.39 is 0 Å². The third-order valence-corrected chi connectivity index (χ3v) is 4.22. The quantitative estimate of drug-likeness (QED) is 0.878. The SMILES string of the molecule is Cc1nscc1C(=O)N1CC(C)NC(=O)c2ccccc21. The molecule has 0 saturated heterocycles. The van der Waals surface area contributed by atoms with Crippen LogP contribution in [-0.2, 0) is 0 Å². The van der Waals surface area contributed by atoms with E-state index in [0.717, 1.165) is 5.69 Å². The fourth-order valence-corrected chi connectivity index (χ4v) is 3.14. The number of hydrogen-bond donors (Lipinski definition) is 1. The molecule has 3 rings (SSSR count). The van der Waals surface area contributed by atoms with Crippen molar-refractivity contribution in [1.82, 2.24) is 9.69 Å². The molecule has 0 aliphatic carbocycles. The second-order valence-electron chi connectivity index (χ2n) is 5.12. The molecule has 2 amide bonds. The molecule has 0 bridgehead atoms. The molecule has 108 valence electrons. The summed E-state index contributed by atoms with van der Waals surface area (Å²) in [7, 11) is 0. The standard InChI is InChI=1S/C15H15N3O2S/c1-9-7-18(15(20)12-8-21-17-10(12)2)13-6-4-3-5-11(13)14(19)16-9/h3-6,8-9H,7H2,1-2H3,(H,16,19). The number of fused-ring (bicyclic) bond motifs is 1. The Labute approximate surface area is 126 Å². The van der Waals surface area contributed by atoms with Gasteiger partial charge in [-0.05, 0) is 37.5 Å². The van der Waals surface area contributed by atoms with E-state index in [1.54, 1.807) is 28.5 Å². The Morgan fingerprint density at radius 2 is 2.19 bits per heavy atom. The van der Waals surface area contributed by atoms with Gasteiger partial charge < -0.3 is 10.2 Å². The number of amides is 2. The van der Waals surface area contributed by atoms with E-state index in [2.05, 4.69) is 9.69 Å². The number of rotatable bonds is 1. The number of aromatic nitrogens is 1. The van der Waals surface area contributed by atoms with Crippen molar-refractivity contribution in [2.45, 2.75) is 19.9 Å². The largest absolute Gasteiger partial charge is 0.348 e. The van der Waals surface area contributed by atoms with E-state index in [4.69, 9.17) is 0 Å². The van der Waals surface area contributed by atoms with Gasteiger partial charge in [0.15, 0.2) is 0 Å². The number of benzene rings is 1. The highest BCUT2D eigenvalue weighted by Crippen LogP contribution is 2.26. The zero-order chi connectivity index (χ0) is 15.0. The second-order valence-corrected chi connectivity index (χ2v) is 5.75. The molecule has 1 atom stereocenters. The fraction of sp³-hybridized carbons (Fsp3) is 0.267. The Bertz CT molecular complexity index is 710. The highest BCUT2D eigenvalue weighted by molar-refractivity contribution is 7.04. The van der Waals surface area contributed by atoms with Gasteiger partial charge >= 0.3 is 0 Å². The Balaban J connectivity index is 2.08. The lowest BCUT2D eigenvalue weighted by Crippen LogP contribution is -2.41. The summed E-state index contributed by atoms with van der Waals surface area (Å²) in [4.78, 5) is 26.6. The van der Waals surface area contributed by atoms with Gasteiger partial charge in [0.1, 0.15) is 0 Å². The Kier molecular flexibility index (Phi) is 3.47. The predicted octanol–water partition coefficient (Wildman–Crippen LogP) is 2.23. The molecular weight excluding hydrogens is 286 g/mol. The van der Waals surface area contributed by atoms with Gasteiger partial charge in [0.25, 0.3) is 11.8 Å². The lowest BCUT2D eigenvalue weighted by Gasteiger charge is -2.23. The Morgan fingerprint density at radius 1 is 1.43 bits per heavy atom. The summed E-state index contributed by atoms with van der Waals surface area (Å²) in [6.45, 7) is 4.15. The summed E-state index contributed by atoms with van der Waals surface area (Å²) in [6, 6.07) is 7.07. The molecule has 2 heterocycles. The van der Waals surface area contributed by atoms with Gasteiger partial charge in [0.2, 0.25) is 0 Å². The van der Waals surface area contributed by atoms with Crippen LogP contribution < -0.4 is 10.2 Å². The van der Waals surface area contributed by atoms with Gasteiger partial charge in [-0.25, -0.2) is 0 Å². The smallest absolute Gasteiger partial charge is 0.261 e. The molecule has 2 aromatic rings. The van der Waals surface area contributed by atoms with Crippen molar-refractivity contribution in [2.24, 2.45) is 0 Å². The highest BCUT2D eigenvalue weighted by Gasteiger charge is 2.29. The van der Waals surface area contributed by atoms with Gasteiger partial charge in [-0.2, -0.15) is 4.37 Å². The van der Waals surface area contributed by atoms with E-state index in [1.807, 2.05) is 19.9 Å². The van der Waals surface area contributed by atoms with Crippen molar-refractivity contribution in [3.05, 3.63) is 46.5 Å². The predicted molar refractivity (Wildman–Crippen MR) is 81.9 cm³/mol. The molecule has 1 N–H and O–H groups in total. The summed E-state index contributed by atoms with van der Waals surface area (Å²) in [6.07, 6.45) is 0. The normalized spacial score (nSPS) is 17.9. The third-order valence-electron chi connectivity index (χ3n) is 3.50. The summed E-state index contributed by atoms with van der Waals surface area (Å²) in [5.41, 5.74) is 2.49. The zero-order valence-electron chi connectivity index (χ0n) is 11.8. The number of carbonyl (C=O) groups excluding carboxylic acids is 2. The molecule has 0 saturated carbocycles. The molecule has 1 aliphatic rings. The first-order valence-electron chi connectivity index (χ1n) is 6.70. The number of carbonyl (C=O) groups is 2. The van der Waals surface area contributed by atoms with Crippen LogP contribution in [0.4, 0.5) is 5.69 Å². The number of anilines is 1. The third kappa shape index (κ3) is 2.42. The fourth-order valence-electron chi connectivity index (χ4n) is 2.46. The van der Waals surface area contributed by atoms with E-state index in [9.17, 15) is 9.59 Å². The van der Waals surface area contributed by atoms with Crippen LogP contribution in [0.25, 0.3) is 0 Å². The average Bonchev–Trinajstić information content (AvgIpc) is 2.84. The topological polar surface area (TPSA) is 62.3 Å². The lowest BCUT2D eigenvalue weighted by molar-refractivity contribution is 0.0939. The maximum atomic E-state index is 12.8. The molecule has 5 nitrogen and oxygen atoms in total. The van der Waals surface area contributed by atoms with Crippen LogP contribution in [0, 0.1) is 6.92 Å². The summed E-state index contributed by atoms with van der Waals surface area (Å²) >= 11 is 1.27. The van der Waals surface area contributed by atoms with Gasteiger partial charge in [-0.1, -0.05) is 12.1 Å². The number of nitrogens with zero attached hydrogens (tertiary/aromatic N) is 2. The Morgan fingerprint density at radius 3 is 2.90 bits per heavy atom. The molecule has 1 unspecified atom stereocenters. The molecule has 0 radical (unpaired) electrons. The van der Waals surface area contributed by atoms with E-state index in [0.29, 0.717) is 23.4 Å². The number of hydrogen-bond acceptors (Lipinski definition) is 4. The van der Waals surface area contributed by atoms with Crippen LogP contribution in [0.3, 0.4) is 0 Å². The van der Waals surface area contributed by atoms with Crippen molar-refractivity contribution in [3.8, 4) is 0 Å². The first-order valence-corrected chi connectivity index (χ1v) is 7.54. The molecular formula is C15H15N3O2S. The summed E-state index contributed by atoms with van der Waals surface area (Å²) < 4.78 is 4.16. The number of aryl methyl sites for hydroxylation is 1. The molecule has 0 spiro atoms. The molecule has 0 fully saturated rings. The monoisotopic (exact) mass is 301 g/mol.